The third-order valence-electron chi connectivity index (χ3n) is 3.61. The summed E-state index contributed by atoms with van der Waals surface area (Å²) >= 11 is 1.81. The van der Waals surface area contributed by atoms with E-state index in [4.69, 9.17) is 0 Å². The highest BCUT2D eigenvalue weighted by Gasteiger charge is 2.30. The third-order valence-corrected chi connectivity index (χ3v) is 4.47. The predicted octanol–water partition coefficient (Wildman–Crippen LogP) is 3.21. The zero-order valence-corrected chi connectivity index (χ0v) is 13.3. The number of aromatic nitrogens is 2. The van der Waals surface area contributed by atoms with E-state index in [0.29, 0.717) is 6.04 Å². The molecule has 3 rings (SSSR count). The Labute approximate surface area is 130 Å². The second kappa shape index (κ2) is 7.00. The van der Waals surface area contributed by atoms with Crippen molar-refractivity contribution in [2.45, 2.75) is 45.3 Å². The van der Waals surface area contributed by atoms with Gasteiger partial charge >= 0.3 is 0 Å². The van der Waals surface area contributed by atoms with Crippen molar-refractivity contribution in [2.24, 2.45) is 0 Å². The van der Waals surface area contributed by atoms with Crippen molar-refractivity contribution in [1.29, 1.82) is 0 Å². The van der Waals surface area contributed by atoms with Crippen molar-refractivity contribution in [2.75, 3.05) is 11.4 Å². The molecule has 2 aromatic rings. The lowest BCUT2D eigenvalue weighted by atomic mass is 10.3. The molecule has 0 radical (unpaired) electrons. The summed E-state index contributed by atoms with van der Waals surface area (Å²) in [4.78, 5) is 13.0. The molecule has 0 atom stereocenters. The largest absolute Gasteiger partial charge is 0.347 e. The molecular formula is C16H22N4S. The molecule has 0 aromatic carbocycles. The second-order valence-corrected chi connectivity index (χ2v) is 6.51. The van der Waals surface area contributed by atoms with Crippen LogP contribution in [0, 0.1) is 0 Å². The first-order valence-corrected chi connectivity index (χ1v) is 8.55. The van der Waals surface area contributed by atoms with E-state index >= 15 is 0 Å². The van der Waals surface area contributed by atoms with Gasteiger partial charge in [-0.25, -0.2) is 4.98 Å². The normalized spacial score (nSPS) is 14.3. The third kappa shape index (κ3) is 4.02. The van der Waals surface area contributed by atoms with Crippen molar-refractivity contribution in [3.8, 4) is 0 Å². The van der Waals surface area contributed by atoms with Crippen molar-refractivity contribution < 1.29 is 0 Å². The fraction of sp³-hybridized carbons (Fsp3) is 0.500. The minimum atomic E-state index is 0.644. The van der Waals surface area contributed by atoms with Crippen molar-refractivity contribution in [3.63, 3.8) is 0 Å². The van der Waals surface area contributed by atoms with Crippen LogP contribution in [0.4, 0.5) is 5.82 Å². The Morgan fingerprint density at radius 1 is 1.33 bits per heavy atom. The van der Waals surface area contributed by atoms with Gasteiger partial charge in [-0.15, -0.1) is 11.3 Å². The molecule has 112 valence electrons. The number of anilines is 1. The highest BCUT2D eigenvalue weighted by molar-refractivity contribution is 7.09. The smallest absolute Gasteiger partial charge is 0.147 e. The lowest BCUT2D eigenvalue weighted by molar-refractivity contribution is 0.660. The summed E-state index contributed by atoms with van der Waals surface area (Å²) in [7, 11) is 0. The van der Waals surface area contributed by atoms with Crippen LogP contribution in [0.25, 0.3) is 0 Å². The average Bonchev–Trinajstić information content (AvgIpc) is 3.23. The topological polar surface area (TPSA) is 41.1 Å². The van der Waals surface area contributed by atoms with Gasteiger partial charge in [-0.3, -0.25) is 4.98 Å². The summed E-state index contributed by atoms with van der Waals surface area (Å²) in [6.45, 7) is 4.94. The van der Waals surface area contributed by atoms with Crippen LogP contribution >= 0.6 is 11.3 Å². The molecule has 4 nitrogen and oxygen atoms in total. The SMILES string of the molecule is CCCNCc1cnc(N(Cc2cccs2)C2CC2)cn1. The zero-order valence-electron chi connectivity index (χ0n) is 12.5. The summed E-state index contributed by atoms with van der Waals surface area (Å²) in [5.74, 6) is 1.00. The summed E-state index contributed by atoms with van der Waals surface area (Å²) in [6, 6.07) is 4.95. The molecule has 0 spiro atoms. The minimum absolute atomic E-state index is 0.644. The van der Waals surface area contributed by atoms with Crippen LogP contribution < -0.4 is 10.2 Å². The van der Waals surface area contributed by atoms with Crippen LogP contribution in [0.15, 0.2) is 29.9 Å². The van der Waals surface area contributed by atoms with Gasteiger partial charge in [0.25, 0.3) is 0 Å². The van der Waals surface area contributed by atoms with Gasteiger partial charge < -0.3 is 10.2 Å². The number of hydrogen-bond acceptors (Lipinski definition) is 5. The highest BCUT2D eigenvalue weighted by atomic mass is 32.1. The number of thiophene rings is 1. The maximum atomic E-state index is 4.63. The molecule has 0 amide bonds. The lowest BCUT2D eigenvalue weighted by Crippen LogP contribution is -2.26. The molecule has 1 saturated carbocycles. The van der Waals surface area contributed by atoms with E-state index in [9.17, 15) is 0 Å². The molecule has 5 heteroatoms. The van der Waals surface area contributed by atoms with Crippen LogP contribution in [0.2, 0.25) is 0 Å². The fourth-order valence-corrected chi connectivity index (χ4v) is 3.04. The first-order chi connectivity index (χ1) is 10.4. The molecular weight excluding hydrogens is 280 g/mol. The predicted molar refractivity (Wildman–Crippen MR) is 87.6 cm³/mol. The van der Waals surface area contributed by atoms with E-state index in [1.807, 2.05) is 23.7 Å². The molecule has 1 aliphatic carbocycles. The van der Waals surface area contributed by atoms with Gasteiger partial charge in [0.2, 0.25) is 0 Å². The first-order valence-electron chi connectivity index (χ1n) is 7.67. The Hall–Kier alpha value is -1.46. The van der Waals surface area contributed by atoms with Crippen LogP contribution in [0.3, 0.4) is 0 Å². The van der Waals surface area contributed by atoms with Gasteiger partial charge in [-0.2, -0.15) is 0 Å². The summed E-state index contributed by atoms with van der Waals surface area (Å²) < 4.78 is 0. The molecule has 0 bridgehead atoms. The standard InChI is InChI=1S/C16H22N4S/c1-2-7-17-9-13-10-19-16(11-18-13)20(14-5-6-14)12-15-4-3-8-21-15/h3-4,8,10-11,14,17H,2,5-7,9,12H2,1H3. The molecule has 2 heterocycles. The van der Waals surface area contributed by atoms with Gasteiger partial charge in [0.1, 0.15) is 5.82 Å². The number of hydrogen-bond donors (Lipinski definition) is 1. The lowest BCUT2D eigenvalue weighted by Gasteiger charge is -2.22. The average molecular weight is 302 g/mol. The zero-order chi connectivity index (χ0) is 14.5. The number of rotatable bonds is 8. The van der Waals surface area contributed by atoms with E-state index in [2.05, 4.69) is 44.6 Å². The van der Waals surface area contributed by atoms with Gasteiger partial charge in [0.05, 0.1) is 24.6 Å². The van der Waals surface area contributed by atoms with Gasteiger partial charge in [-0.1, -0.05) is 13.0 Å². The van der Waals surface area contributed by atoms with E-state index in [-0.39, 0.29) is 0 Å². The summed E-state index contributed by atoms with van der Waals surface area (Å²) in [5.41, 5.74) is 1.01. The van der Waals surface area contributed by atoms with Gasteiger partial charge in [0, 0.05) is 17.5 Å². The summed E-state index contributed by atoms with van der Waals surface area (Å²) in [6.07, 6.45) is 7.51. The van der Waals surface area contributed by atoms with Crippen LogP contribution in [0.5, 0.6) is 0 Å². The van der Waals surface area contributed by atoms with Crippen LogP contribution in [-0.2, 0) is 13.1 Å². The quantitative estimate of drug-likeness (QED) is 0.760. The Morgan fingerprint density at radius 3 is 2.86 bits per heavy atom. The first kappa shape index (κ1) is 14.5. The molecule has 1 N–H and O–H groups in total. The number of nitrogens with one attached hydrogen (secondary N) is 1. The van der Waals surface area contributed by atoms with Crippen LogP contribution in [-0.4, -0.2) is 22.6 Å². The fourth-order valence-electron chi connectivity index (χ4n) is 2.33. The molecule has 21 heavy (non-hydrogen) atoms. The second-order valence-electron chi connectivity index (χ2n) is 5.48. The maximum absolute atomic E-state index is 4.63. The van der Waals surface area contributed by atoms with Gasteiger partial charge in [0.15, 0.2) is 0 Å². The molecule has 1 fully saturated rings. The summed E-state index contributed by atoms with van der Waals surface area (Å²) in [5, 5.41) is 5.49. The Bertz CT molecular complexity index is 534. The van der Waals surface area contributed by atoms with Crippen molar-refractivity contribution in [1.82, 2.24) is 15.3 Å². The molecule has 1 aliphatic rings. The Morgan fingerprint density at radius 2 is 2.24 bits per heavy atom. The molecule has 0 saturated heterocycles. The van der Waals surface area contributed by atoms with Crippen LogP contribution in [0.1, 0.15) is 36.8 Å². The van der Waals surface area contributed by atoms with E-state index in [0.717, 1.165) is 37.6 Å². The van der Waals surface area contributed by atoms with E-state index in [1.165, 1.54) is 17.7 Å². The van der Waals surface area contributed by atoms with Gasteiger partial charge in [-0.05, 0) is 37.3 Å². The molecule has 2 aromatic heterocycles. The molecule has 0 aliphatic heterocycles. The molecule has 0 unspecified atom stereocenters. The monoisotopic (exact) mass is 302 g/mol. The minimum Gasteiger partial charge on any atom is -0.347 e. The Kier molecular flexibility index (Phi) is 4.83. The maximum Gasteiger partial charge on any atom is 0.147 e. The van der Waals surface area contributed by atoms with E-state index in [1.54, 1.807) is 0 Å². The number of nitrogens with zero attached hydrogens (tertiary/aromatic N) is 3. The van der Waals surface area contributed by atoms with E-state index < -0.39 is 0 Å². The van der Waals surface area contributed by atoms with Crippen molar-refractivity contribution in [3.05, 3.63) is 40.5 Å². The highest BCUT2D eigenvalue weighted by Crippen LogP contribution is 2.32. The van der Waals surface area contributed by atoms with Crippen molar-refractivity contribution >= 4 is 17.2 Å². The Balaban J connectivity index is 1.65.